The summed E-state index contributed by atoms with van der Waals surface area (Å²) in [5.41, 5.74) is 4.37. The van der Waals surface area contributed by atoms with Crippen LogP contribution in [-0.2, 0) is 11.2 Å². The number of para-hydroxylation sites is 1. The van der Waals surface area contributed by atoms with Crippen LogP contribution in [0.1, 0.15) is 47.6 Å². The van der Waals surface area contributed by atoms with Gasteiger partial charge in [0.05, 0.1) is 12.7 Å². The first-order valence-corrected chi connectivity index (χ1v) is 13.9. The first kappa shape index (κ1) is 26.9. The topological polar surface area (TPSA) is 51.9 Å². The molecule has 0 aliphatic carbocycles. The molecule has 2 heterocycles. The molecule has 39 heavy (non-hydrogen) atoms. The van der Waals surface area contributed by atoms with Gasteiger partial charge in [-0.25, -0.2) is 4.79 Å². The van der Waals surface area contributed by atoms with Crippen LogP contribution in [0.2, 0.25) is 0 Å². The molecule has 0 amide bonds. The van der Waals surface area contributed by atoms with Gasteiger partial charge in [-0.2, -0.15) is 0 Å². The zero-order valence-corrected chi connectivity index (χ0v) is 22.7. The van der Waals surface area contributed by atoms with Crippen molar-refractivity contribution >= 4 is 11.0 Å². The van der Waals surface area contributed by atoms with Crippen LogP contribution in [0.4, 0.5) is 0 Å². The normalized spacial score (nSPS) is 14.6. The summed E-state index contributed by atoms with van der Waals surface area (Å²) in [6.45, 7) is 9.11. The molecule has 0 radical (unpaired) electrons. The Kier molecular flexibility index (Phi) is 8.92. The summed E-state index contributed by atoms with van der Waals surface area (Å²) in [7, 11) is 0. The maximum Gasteiger partial charge on any atom is 0.379 e. The van der Waals surface area contributed by atoms with Crippen LogP contribution in [0.5, 0.6) is 5.75 Å². The minimum Gasteiger partial charge on any atom is -0.486 e. The molecule has 0 bridgehead atoms. The summed E-state index contributed by atoms with van der Waals surface area (Å²) in [5.74, 6) is 0.318. The molecule has 202 valence electrons. The standard InChI is InChI=1S/C34H37NO4/c1-3-12-26-17-10-18-30-25(2)31(34(36)39-33(26)30)37-24-11-21-35-22-19-29(20-23-35)38-32(27-13-6-4-7-14-27)28-15-8-5-9-16-28/h3-10,13-18,29,32H,1,11-12,19-24H2,2H3. The Morgan fingerprint density at radius 3 is 2.28 bits per heavy atom. The van der Waals surface area contributed by atoms with Gasteiger partial charge in [-0.1, -0.05) is 84.9 Å². The van der Waals surface area contributed by atoms with Gasteiger partial charge in [-0.3, -0.25) is 0 Å². The molecule has 0 spiro atoms. The van der Waals surface area contributed by atoms with Crippen LogP contribution in [-0.4, -0.2) is 37.2 Å². The van der Waals surface area contributed by atoms with Gasteiger partial charge in [0, 0.05) is 30.6 Å². The molecule has 0 unspecified atom stereocenters. The first-order chi connectivity index (χ1) is 19.1. The van der Waals surface area contributed by atoms with Gasteiger partial charge < -0.3 is 18.8 Å². The number of benzene rings is 3. The predicted molar refractivity (Wildman–Crippen MR) is 157 cm³/mol. The summed E-state index contributed by atoms with van der Waals surface area (Å²) in [4.78, 5) is 15.2. The Labute approximate surface area is 230 Å². The molecule has 5 rings (SSSR count). The van der Waals surface area contributed by atoms with Gasteiger partial charge in [0.2, 0.25) is 5.75 Å². The number of aryl methyl sites for hydroxylation is 1. The van der Waals surface area contributed by atoms with E-state index in [9.17, 15) is 4.79 Å². The molecule has 1 aromatic heterocycles. The van der Waals surface area contributed by atoms with E-state index >= 15 is 0 Å². The second-order valence-electron chi connectivity index (χ2n) is 10.2. The van der Waals surface area contributed by atoms with E-state index in [1.54, 1.807) is 0 Å². The Balaban J connectivity index is 1.13. The van der Waals surface area contributed by atoms with E-state index in [-0.39, 0.29) is 12.2 Å². The molecule has 4 aromatic rings. The lowest BCUT2D eigenvalue weighted by Crippen LogP contribution is -2.38. The average Bonchev–Trinajstić information content (AvgIpc) is 2.97. The van der Waals surface area contributed by atoms with Crippen molar-refractivity contribution in [2.24, 2.45) is 0 Å². The van der Waals surface area contributed by atoms with E-state index in [0.717, 1.165) is 55.4 Å². The van der Waals surface area contributed by atoms with Gasteiger partial charge in [-0.05, 0) is 49.3 Å². The third-order valence-electron chi connectivity index (χ3n) is 7.52. The van der Waals surface area contributed by atoms with Crippen molar-refractivity contribution in [1.29, 1.82) is 0 Å². The molecule has 5 nitrogen and oxygen atoms in total. The largest absolute Gasteiger partial charge is 0.486 e. The van der Waals surface area contributed by atoms with Crippen molar-refractivity contribution in [2.45, 2.75) is 44.8 Å². The Hall–Kier alpha value is -3.67. The minimum absolute atomic E-state index is 0.0536. The fourth-order valence-electron chi connectivity index (χ4n) is 5.43. The molecule has 0 atom stereocenters. The highest BCUT2D eigenvalue weighted by Crippen LogP contribution is 2.30. The minimum atomic E-state index is -0.416. The maximum atomic E-state index is 12.7. The number of likely N-dealkylation sites (tertiary alicyclic amines) is 1. The van der Waals surface area contributed by atoms with Crippen molar-refractivity contribution in [2.75, 3.05) is 26.2 Å². The molecular formula is C34H37NO4. The molecule has 1 saturated heterocycles. The first-order valence-electron chi connectivity index (χ1n) is 13.9. The van der Waals surface area contributed by atoms with Crippen LogP contribution < -0.4 is 10.4 Å². The molecule has 5 heteroatoms. The van der Waals surface area contributed by atoms with Gasteiger partial charge in [0.15, 0.2) is 0 Å². The van der Waals surface area contributed by atoms with Crippen molar-refractivity contribution in [3.05, 3.63) is 124 Å². The summed E-state index contributed by atoms with van der Waals surface area (Å²) >= 11 is 0. The summed E-state index contributed by atoms with van der Waals surface area (Å²) in [6.07, 6.45) is 5.47. The number of ether oxygens (including phenoxy) is 2. The Bertz CT molecular complexity index is 1380. The maximum absolute atomic E-state index is 12.7. The molecule has 1 aliphatic heterocycles. The third-order valence-corrected chi connectivity index (χ3v) is 7.52. The zero-order chi connectivity index (χ0) is 27.0. The van der Waals surface area contributed by atoms with Crippen molar-refractivity contribution < 1.29 is 13.9 Å². The molecule has 1 aliphatic rings. The van der Waals surface area contributed by atoms with E-state index in [4.69, 9.17) is 13.9 Å². The van der Waals surface area contributed by atoms with Crippen LogP contribution in [0.3, 0.4) is 0 Å². The highest BCUT2D eigenvalue weighted by Gasteiger charge is 2.24. The quantitative estimate of drug-likeness (QED) is 0.122. The fourth-order valence-corrected chi connectivity index (χ4v) is 5.43. The molecule has 3 aromatic carbocycles. The van der Waals surface area contributed by atoms with Crippen LogP contribution in [0.25, 0.3) is 11.0 Å². The number of piperidine rings is 1. The molecule has 1 fully saturated rings. The van der Waals surface area contributed by atoms with Crippen molar-refractivity contribution in [3.63, 3.8) is 0 Å². The Morgan fingerprint density at radius 1 is 0.974 bits per heavy atom. The SMILES string of the molecule is C=CCc1cccc2c(C)c(OCCCN3CCC(OC(c4ccccc4)c4ccccc4)CC3)c(=O)oc12. The van der Waals surface area contributed by atoms with Gasteiger partial charge in [0.1, 0.15) is 11.7 Å². The third kappa shape index (κ3) is 6.49. The van der Waals surface area contributed by atoms with Crippen molar-refractivity contribution in [3.8, 4) is 5.75 Å². The number of fused-ring (bicyclic) bond motifs is 1. The van der Waals surface area contributed by atoms with Gasteiger partial charge in [-0.15, -0.1) is 6.58 Å². The smallest absolute Gasteiger partial charge is 0.379 e. The molecular weight excluding hydrogens is 486 g/mol. The van der Waals surface area contributed by atoms with E-state index in [1.165, 1.54) is 11.1 Å². The van der Waals surface area contributed by atoms with Crippen LogP contribution in [0.15, 0.2) is 101 Å². The highest BCUT2D eigenvalue weighted by atomic mass is 16.5. The molecule has 0 N–H and O–H groups in total. The van der Waals surface area contributed by atoms with Crippen LogP contribution >= 0.6 is 0 Å². The fraction of sp³-hybridized carbons (Fsp3) is 0.324. The number of hydrogen-bond donors (Lipinski definition) is 0. The monoisotopic (exact) mass is 523 g/mol. The van der Waals surface area contributed by atoms with E-state index in [1.807, 2.05) is 43.3 Å². The van der Waals surface area contributed by atoms with E-state index in [0.29, 0.717) is 24.4 Å². The number of hydrogen-bond acceptors (Lipinski definition) is 5. The lowest BCUT2D eigenvalue weighted by atomic mass is 10.00. The van der Waals surface area contributed by atoms with Crippen molar-refractivity contribution in [1.82, 2.24) is 4.90 Å². The van der Waals surface area contributed by atoms with Gasteiger partial charge in [0.25, 0.3) is 0 Å². The summed E-state index contributed by atoms with van der Waals surface area (Å²) in [6, 6.07) is 26.9. The lowest BCUT2D eigenvalue weighted by Gasteiger charge is -2.34. The number of allylic oxidation sites excluding steroid dienone is 1. The second kappa shape index (κ2) is 12.9. The zero-order valence-electron chi connectivity index (χ0n) is 22.7. The van der Waals surface area contributed by atoms with Crippen LogP contribution in [0, 0.1) is 6.92 Å². The Morgan fingerprint density at radius 2 is 1.64 bits per heavy atom. The predicted octanol–water partition coefficient (Wildman–Crippen LogP) is 6.87. The average molecular weight is 524 g/mol. The molecule has 0 saturated carbocycles. The van der Waals surface area contributed by atoms with E-state index in [2.05, 4.69) is 60.0 Å². The van der Waals surface area contributed by atoms with E-state index < -0.39 is 5.63 Å². The number of nitrogens with zero attached hydrogens (tertiary/aromatic N) is 1. The summed E-state index contributed by atoms with van der Waals surface area (Å²) < 4.78 is 18.3. The lowest BCUT2D eigenvalue weighted by molar-refractivity contribution is -0.0273. The van der Waals surface area contributed by atoms with Gasteiger partial charge >= 0.3 is 5.63 Å². The second-order valence-corrected chi connectivity index (χ2v) is 10.2. The summed E-state index contributed by atoms with van der Waals surface area (Å²) in [5, 5.41) is 0.912. The highest BCUT2D eigenvalue weighted by molar-refractivity contribution is 5.84. The number of rotatable bonds is 11.